The van der Waals surface area contributed by atoms with E-state index in [1.165, 1.54) is 24.3 Å². The van der Waals surface area contributed by atoms with Crippen LogP contribution in [0.15, 0.2) is 41.3 Å². The van der Waals surface area contributed by atoms with Crippen molar-refractivity contribution in [3.05, 3.63) is 58.7 Å². The molecule has 2 aromatic rings. The lowest BCUT2D eigenvalue weighted by molar-refractivity contribution is -0.146. The van der Waals surface area contributed by atoms with E-state index in [-0.39, 0.29) is 13.0 Å². The molecule has 2 aromatic carbocycles. The molecule has 29 heavy (non-hydrogen) atoms. The maximum atomic E-state index is 12.1. The molecule has 6 nitrogen and oxygen atoms in total. The highest BCUT2D eigenvalue weighted by atomic mass is 32.2. The van der Waals surface area contributed by atoms with E-state index in [0.29, 0.717) is 17.0 Å². The van der Waals surface area contributed by atoms with Gasteiger partial charge < -0.3 is 14.8 Å². The monoisotopic (exact) mass is 415 g/mol. The molecule has 0 unspecified atom stereocenters. The molecular weight excluding hydrogens is 390 g/mol. The van der Waals surface area contributed by atoms with Crippen molar-refractivity contribution in [3.63, 3.8) is 0 Å². The number of rotatable bonds is 8. The molecule has 0 aliphatic heterocycles. The van der Waals surface area contributed by atoms with Gasteiger partial charge in [-0.2, -0.15) is 0 Å². The molecule has 7 heteroatoms. The van der Waals surface area contributed by atoms with E-state index >= 15 is 0 Å². The summed E-state index contributed by atoms with van der Waals surface area (Å²) in [6.07, 6.45) is 0.210. The first-order valence-electron chi connectivity index (χ1n) is 9.14. The van der Waals surface area contributed by atoms with Crippen LogP contribution in [0.4, 0.5) is 5.69 Å². The second kappa shape index (κ2) is 10.7. The quantitative estimate of drug-likeness (QED) is 0.517. The summed E-state index contributed by atoms with van der Waals surface area (Å²) in [6, 6.07) is 11.0. The smallest absolute Gasteiger partial charge is 0.337 e. The van der Waals surface area contributed by atoms with Crippen molar-refractivity contribution < 1.29 is 23.9 Å². The zero-order valence-corrected chi connectivity index (χ0v) is 17.9. The predicted octanol–water partition coefficient (Wildman–Crippen LogP) is 4.06. The third kappa shape index (κ3) is 6.94. The number of amides is 1. The van der Waals surface area contributed by atoms with Crippen LogP contribution < -0.4 is 5.32 Å². The topological polar surface area (TPSA) is 81.7 Å². The Morgan fingerprint density at radius 1 is 0.966 bits per heavy atom. The Morgan fingerprint density at radius 2 is 1.69 bits per heavy atom. The molecule has 0 aliphatic rings. The minimum atomic E-state index is -0.492. The number of thioether (sulfide) groups is 1. The second-order valence-corrected chi connectivity index (χ2v) is 7.74. The summed E-state index contributed by atoms with van der Waals surface area (Å²) in [5.41, 5.74) is 4.02. The Kier molecular flexibility index (Phi) is 8.27. The molecule has 0 saturated heterocycles. The normalized spacial score (nSPS) is 10.3. The molecule has 2 rings (SSSR count). The van der Waals surface area contributed by atoms with E-state index in [0.717, 1.165) is 10.5 Å². The zero-order chi connectivity index (χ0) is 21.4. The number of esters is 2. The van der Waals surface area contributed by atoms with Gasteiger partial charge in [0.25, 0.3) is 5.91 Å². The van der Waals surface area contributed by atoms with Crippen LogP contribution in [0, 0.1) is 20.8 Å². The fraction of sp³-hybridized carbons (Fsp3) is 0.318. The molecule has 0 atom stereocenters. The van der Waals surface area contributed by atoms with Crippen LogP contribution in [0.2, 0.25) is 0 Å². The third-order valence-corrected chi connectivity index (χ3v) is 5.35. The molecule has 1 amide bonds. The summed E-state index contributed by atoms with van der Waals surface area (Å²) in [7, 11) is 1.29. The Labute approximate surface area is 175 Å². The van der Waals surface area contributed by atoms with Gasteiger partial charge in [0.2, 0.25) is 0 Å². The maximum absolute atomic E-state index is 12.1. The number of hydrogen-bond donors (Lipinski definition) is 1. The molecule has 154 valence electrons. The zero-order valence-electron chi connectivity index (χ0n) is 17.0. The van der Waals surface area contributed by atoms with Crippen molar-refractivity contribution in [3.8, 4) is 0 Å². The number of hydrogen-bond acceptors (Lipinski definition) is 6. The summed E-state index contributed by atoms with van der Waals surface area (Å²) in [6.45, 7) is 5.52. The Bertz CT molecular complexity index is 910. The average molecular weight is 416 g/mol. The van der Waals surface area contributed by atoms with Gasteiger partial charge in [0, 0.05) is 16.3 Å². The van der Waals surface area contributed by atoms with Gasteiger partial charge in [0.15, 0.2) is 6.61 Å². The lowest BCUT2D eigenvalue weighted by Gasteiger charge is -2.10. The van der Waals surface area contributed by atoms with Crippen LogP contribution in [0.5, 0.6) is 0 Å². The van der Waals surface area contributed by atoms with E-state index < -0.39 is 17.8 Å². The van der Waals surface area contributed by atoms with Crippen molar-refractivity contribution >= 4 is 35.3 Å². The fourth-order valence-corrected chi connectivity index (χ4v) is 3.39. The molecule has 1 N–H and O–H groups in total. The summed E-state index contributed by atoms with van der Waals surface area (Å²) in [5, 5.41) is 2.65. The Balaban J connectivity index is 1.77. The van der Waals surface area contributed by atoms with Gasteiger partial charge in [-0.05, 0) is 61.7 Å². The highest BCUT2D eigenvalue weighted by Crippen LogP contribution is 2.22. The number of nitrogens with one attached hydrogen (secondary N) is 1. The molecule has 0 aromatic heterocycles. The second-order valence-electron chi connectivity index (χ2n) is 6.57. The Hall–Kier alpha value is -2.80. The van der Waals surface area contributed by atoms with Gasteiger partial charge in [-0.1, -0.05) is 12.1 Å². The van der Waals surface area contributed by atoms with Crippen LogP contribution >= 0.6 is 11.8 Å². The van der Waals surface area contributed by atoms with Gasteiger partial charge in [-0.15, -0.1) is 11.8 Å². The number of carbonyl (C=O) groups excluding carboxylic acids is 3. The maximum Gasteiger partial charge on any atom is 0.337 e. The van der Waals surface area contributed by atoms with Crippen molar-refractivity contribution in [2.45, 2.75) is 32.1 Å². The van der Waals surface area contributed by atoms with Crippen LogP contribution in [0.25, 0.3) is 0 Å². The highest BCUT2D eigenvalue weighted by Gasteiger charge is 2.12. The Morgan fingerprint density at radius 3 is 2.38 bits per heavy atom. The first-order valence-corrected chi connectivity index (χ1v) is 10.1. The average Bonchev–Trinajstić information content (AvgIpc) is 2.70. The van der Waals surface area contributed by atoms with Crippen molar-refractivity contribution in [2.75, 3.05) is 24.8 Å². The minimum Gasteiger partial charge on any atom is -0.465 e. The summed E-state index contributed by atoms with van der Waals surface area (Å²) in [4.78, 5) is 36.7. The van der Waals surface area contributed by atoms with Crippen LogP contribution in [-0.4, -0.2) is 37.3 Å². The SMILES string of the molecule is COC(=O)c1ccc(C)c(NC(=O)COC(=O)CCSc2ccc(C)c(C)c2)c1. The lowest BCUT2D eigenvalue weighted by atomic mass is 10.1. The van der Waals surface area contributed by atoms with E-state index in [4.69, 9.17) is 4.74 Å². The fourth-order valence-electron chi connectivity index (χ4n) is 2.46. The number of ether oxygens (including phenoxy) is 2. The minimum absolute atomic E-state index is 0.210. The molecule has 0 fully saturated rings. The number of carbonyl (C=O) groups is 3. The van der Waals surface area contributed by atoms with Gasteiger partial charge in [-0.25, -0.2) is 4.79 Å². The van der Waals surface area contributed by atoms with Crippen LogP contribution in [0.3, 0.4) is 0 Å². The first kappa shape index (κ1) is 22.5. The summed E-state index contributed by atoms with van der Waals surface area (Å²) < 4.78 is 9.71. The largest absolute Gasteiger partial charge is 0.465 e. The van der Waals surface area contributed by atoms with Crippen LogP contribution in [-0.2, 0) is 19.1 Å². The van der Waals surface area contributed by atoms with E-state index in [9.17, 15) is 14.4 Å². The molecule has 0 spiro atoms. The molecule has 0 aliphatic carbocycles. The summed E-state index contributed by atoms with van der Waals surface area (Å²) >= 11 is 1.57. The molecule has 0 heterocycles. The van der Waals surface area contributed by atoms with Gasteiger partial charge in [0.05, 0.1) is 19.1 Å². The lowest BCUT2D eigenvalue weighted by Crippen LogP contribution is -2.21. The van der Waals surface area contributed by atoms with Crippen LogP contribution in [0.1, 0.15) is 33.5 Å². The molecule has 0 bridgehead atoms. The van der Waals surface area contributed by atoms with Crippen molar-refractivity contribution in [1.29, 1.82) is 0 Å². The first-order chi connectivity index (χ1) is 13.8. The number of anilines is 1. The van der Waals surface area contributed by atoms with Crippen molar-refractivity contribution in [1.82, 2.24) is 0 Å². The molecular formula is C22H25NO5S. The third-order valence-electron chi connectivity index (χ3n) is 4.35. The van der Waals surface area contributed by atoms with Crippen molar-refractivity contribution in [2.24, 2.45) is 0 Å². The molecule has 0 radical (unpaired) electrons. The van der Waals surface area contributed by atoms with Gasteiger partial charge >= 0.3 is 11.9 Å². The molecule has 0 saturated carbocycles. The van der Waals surface area contributed by atoms with E-state index in [1.54, 1.807) is 30.8 Å². The predicted molar refractivity (Wildman–Crippen MR) is 113 cm³/mol. The number of aryl methyl sites for hydroxylation is 3. The highest BCUT2D eigenvalue weighted by molar-refractivity contribution is 7.99. The van der Waals surface area contributed by atoms with Gasteiger partial charge in [-0.3, -0.25) is 9.59 Å². The number of methoxy groups -OCH3 is 1. The summed E-state index contributed by atoms with van der Waals surface area (Å²) in [5.74, 6) is -0.821. The van der Waals surface area contributed by atoms with E-state index in [2.05, 4.69) is 36.0 Å². The van der Waals surface area contributed by atoms with Gasteiger partial charge in [0.1, 0.15) is 0 Å². The number of benzene rings is 2. The van der Waals surface area contributed by atoms with E-state index in [1.807, 2.05) is 6.07 Å². The standard InChI is InChI=1S/C22H25NO5S/c1-14-6-8-18(11-16(14)3)29-10-9-21(25)28-13-20(24)23-19-12-17(22(26)27-4)7-5-15(19)2/h5-8,11-12H,9-10,13H2,1-4H3,(H,23,24).